The van der Waals surface area contributed by atoms with Crippen molar-refractivity contribution in [1.82, 2.24) is 10.2 Å². The van der Waals surface area contributed by atoms with Gasteiger partial charge in [0.15, 0.2) is 0 Å². The highest BCUT2D eigenvalue weighted by Crippen LogP contribution is 2.21. The second-order valence-electron chi connectivity index (χ2n) is 4.61. The van der Waals surface area contributed by atoms with Gasteiger partial charge in [0, 0.05) is 31.8 Å². The molecule has 3 atom stereocenters. The quantitative estimate of drug-likeness (QED) is 0.750. The largest absolute Gasteiger partial charge is 0.383 e. The van der Waals surface area contributed by atoms with Crippen LogP contribution < -0.4 is 5.32 Å². The molecule has 1 aliphatic rings. The molecule has 90 valence electrons. The van der Waals surface area contributed by atoms with Crippen LogP contribution in [0.1, 0.15) is 33.1 Å². The highest BCUT2D eigenvalue weighted by molar-refractivity contribution is 4.85. The lowest BCUT2D eigenvalue weighted by molar-refractivity contribution is 0.0368. The monoisotopic (exact) mass is 214 g/mol. The zero-order valence-electron chi connectivity index (χ0n) is 10.6. The SMILES string of the molecule is CCC(COC)N1CCC(NC)CC1C. The van der Waals surface area contributed by atoms with Crippen molar-refractivity contribution in [3.63, 3.8) is 0 Å². The van der Waals surface area contributed by atoms with E-state index < -0.39 is 0 Å². The van der Waals surface area contributed by atoms with E-state index in [1.807, 2.05) is 0 Å². The summed E-state index contributed by atoms with van der Waals surface area (Å²) < 4.78 is 5.29. The Kier molecular flexibility index (Phi) is 5.58. The van der Waals surface area contributed by atoms with Crippen LogP contribution >= 0.6 is 0 Å². The number of piperidine rings is 1. The van der Waals surface area contributed by atoms with E-state index in [4.69, 9.17) is 4.74 Å². The van der Waals surface area contributed by atoms with Crippen molar-refractivity contribution < 1.29 is 4.74 Å². The fourth-order valence-corrected chi connectivity index (χ4v) is 2.64. The van der Waals surface area contributed by atoms with Crippen molar-refractivity contribution in [2.75, 3.05) is 27.3 Å². The van der Waals surface area contributed by atoms with Crippen molar-refractivity contribution in [2.24, 2.45) is 0 Å². The Bertz CT molecular complexity index is 175. The fourth-order valence-electron chi connectivity index (χ4n) is 2.64. The molecule has 0 aliphatic carbocycles. The summed E-state index contributed by atoms with van der Waals surface area (Å²) in [6.07, 6.45) is 3.71. The third-order valence-corrected chi connectivity index (χ3v) is 3.64. The van der Waals surface area contributed by atoms with E-state index in [0.29, 0.717) is 18.1 Å². The Labute approximate surface area is 94.2 Å². The smallest absolute Gasteiger partial charge is 0.0618 e. The number of ether oxygens (including phenoxy) is 1. The predicted octanol–water partition coefficient (Wildman–Crippen LogP) is 1.48. The molecule has 0 spiro atoms. The predicted molar refractivity (Wildman–Crippen MR) is 64.2 cm³/mol. The summed E-state index contributed by atoms with van der Waals surface area (Å²) in [5.74, 6) is 0. The van der Waals surface area contributed by atoms with Crippen molar-refractivity contribution in [3.05, 3.63) is 0 Å². The fraction of sp³-hybridized carbons (Fsp3) is 1.00. The average Bonchev–Trinajstić information content (AvgIpc) is 2.26. The number of hydrogen-bond acceptors (Lipinski definition) is 3. The third-order valence-electron chi connectivity index (χ3n) is 3.64. The second kappa shape index (κ2) is 6.46. The highest BCUT2D eigenvalue weighted by atomic mass is 16.5. The number of rotatable bonds is 5. The van der Waals surface area contributed by atoms with Gasteiger partial charge in [-0.05, 0) is 33.2 Å². The van der Waals surface area contributed by atoms with Crippen molar-refractivity contribution in [3.8, 4) is 0 Å². The van der Waals surface area contributed by atoms with Crippen molar-refractivity contribution in [2.45, 2.75) is 51.2 Å². The summed E-state index contributed by atoms with van der Waals surface area (Å²) in [6, 6.07) is 1.98. The zero-order valence-corrected chi connectivity index (χ0v) is 10.6. The van der Waals surface area contributed by atoms with Gasteiger partial charge in [-0.25, -0.2) is 0 Å². The molecule has 15 heavy (non-hydrogen) atoms. The molecule has 0 radical (unpaired) electrons. The van der Waals surface area contributed by atoms with Gasteiger partial charge in [0.05, 0.1) is 6.61 Å². The first-order chi connectivity index (χ1) is 7.22. The van der Waals surface area contributed by atoms with Crippen molar-refractivity contribution in [1.29, 1.82) is 0 Å². The van der Waals surface area contributed by atoms with Crippen LogP contribution in [0.25, 0.3) is 0 Å². The number of likely N-dealkylation sites (tertiary alicyclic amines) is 1. The van der Waals surface area contributed by atoms with Crippen LogP contribution in [0, 0.1) is 0 Å². The van der Waals surface area contributed by atoms with E-state index in [-0.39, 0.29) is 0 Å². The van der Waals surface area contributed by atoms with Gasteiger partial charge in [-0.1, -0.05) is 6.92 Å². The molecule has 1 N–H and O–H groups in total. The maximum atomic E-state index is 5.29. The van der Waals surface area contributed by atoms with Crippen LogP contribution in [0.3, 0.4) is 0 Å². The lowest BCUT2D eigenvalue weighted by atomic mass is 9.96. The van der Waals surface area contributed by atoms with Gasteiger partial charge in [0.1, 0.15) is 0 Å². The highest BCUT2D eigenvalue weighted by Gasteiger charge is 2.28. The molecule has 1 fully saturated rings. The number of nitrogens with zero attached hydrogens (tertiary/aromatic N) is 1. The molecule has 1 rings (SSSR count). The summed E-state index contributed by atoms with van der Waals surface area (Å²) in [4.78, 5) is 2.61. The molecular weight excluding hydrogens is 188 g/mol. The molecule has 3 nitrogen and oxygen atoms in total. The van der Waals surface area contributed by atoms with Crippen LogP contribution in [0.4, 0.5) is 0 Å². The molecule has 0 aromatic rings. The molecule has 0 bridgehead atoms. The van der Waals surface area contributed by atoms with Gasteiger partial charge < -0.3 is 10.1 Å². The summed E-state index contributed by atoms with van der Waals surface area (Å²) in [5, 5.41) is 3.39. The van der Waals surface area contributed by atoms with E-state index in [0.717, 1.165) is 6.61 Å². The summed E-state index contributed by atoms with van der Waals surface area (Å²) in [6.45, 7) is 6.65. The summed E-state index contributed by atoms with van der Waals surface area (Å²) >= 11 is 0. The van der Waals surface area contributed by atoms with Crippen LogP contribution in [0.5, 0.6) is 0 Å². The summed E-state index contributed by atoms with van der Waals surface area (Å²) in [7, 11) is 3.87. The van der Waals surface area contributed by atoms with Crippen LogP contribution in [-0.4, -0.2) is 50.3 Å². The first kappa shape index (κ1) is 12.9. The van der Waals surface area contributed by atoms with Gasteiger partial charge >= 0.3 is 0 Å². The molecule has 1 aliphatic heterocycles. The van der Waals surface area contributed by atoms with Gasteiger partial charge in [0.25, 0.3) is 0 Å². The summed E-state index contributed by atoms with van der Waals surface area (Å²) in [5.41, 5.74) is 0. The topological polar surface area (TPSA) is 24.5 Å². The minimum atomic E-state index is 0.600. The Morgan fingerprint density at radius 1 is 1.53 bits per heavy atom. The molecule has 3 unspecified atom stereocenters. The molecule has 0 saturated carbocycles. The molecule has 1 heterocycles. The van der Waals surface area contributed by atoms with E-state index in [9.17, 15) is 0 Å². The number of methoxy groups -OCH3 is 1. The molecule has 3 heteroatoms. The molecular formula is C12H26N2O. The van der Waals surface area contributed by atoms with Gasteiger partial charge in [-0.15, -0.1) is 0 Å². The Morgan fingerprint density at radius 2 is 2.27 bits per heavy atom. The number of hydrogen-bond donors (Lipinski definition) is 1. The molecule has 1 saturated heterocycles. The van der Waals surface area contributed by atoms with Crippen LogP contribution in [0.15, 0.2) is 0 Å². The average molecular weight is 214 g/mol. The van der Waals surface area contributed by atoms with Crippen LogP contribution in [-0.2, 0) is 4.74 Å². The van der Waals surface area contributed by atoms with E-state index in [1.165, 1.54) is 25.8 Å². The third kappa shape index (κ3) is 3.44. The van der Waals surface area contributed by atoms with Gasteiger partial charge in [0.2, 0.25) is 0 Å². The molecule has 0 aromatic heterocycles. The Balaban J connectivity index is 2.47. The van der Waals surface area contributed by atoms with E-state index in [1.54, 1.807) is 7.11 Å². The van der Waals surface area contributed by atoms with E-state index >= 15 is 0 Å². The Hall–Kier alpha value is -0.120. The minimum absolute atomic E-state index is 0.600. The first-order valence-electron chi connectivity index (χ1n) is 6.14. The maximum Gasteiger partial charge on any atom is 0.0618 e. The molecule has 0 amide bonds. The standard InChI is InChI=1S/C12H26N2O/c1-5-12(9-15-4)14-7-6-11(13-3)8-10(14)2/h10-13H,5-9H2,1-4H3. The van der Waals surface area contributed by atoms with Gasteiger partial charge in [-0.3, -0.25) is 4.90 Å². The Morgan fingerprint density at radius 3 is 2.73 bits per heavy atom. The minimum Gasteiger partial charge on any atom is -0.383 e. The van der Waals surface area contributed by atoms with Crippen molar-refractivity contribution >= 4 is 0 Å². The second-order valence-corrected chi connectivity index (χ2v) is 4.61. The van der Waals surface area contributed by atoms with Gasteiger partial charge in [-0.2, -0.15) is 0 Å². The first-order valence-corrected chi connectivity index (χ1v) is 6.14. The maximum absolute atomic E-state index is 5.29. The van der Waals surface area contributed by atoms with E-state index in [2.05, 4.69) is 31.1 Å². The zero-order chi connectivity index (χ0) is 11.3. The lowest BCUT2D eigenvalue weighted by Crippen LogP contribution is -2.51. The molecule has 0 aromatic carbocycles. The normalized spacial score (nSPS) is 30.4. The lowest BCUT2D eigenvalue weighted by Gasteiger charge is -2.42. The van der Waals surface area contributed by atoms with Crippen LogP contribution in [0.2, 0.25) is 0 Å². The number of nitrogens with one attached hydrogen (secondary N) is 1.